The van der Waals surface area contributed by atoms with Crippen LogP contribution in [0.3, 0.4) is 0 Å². The quantitative estimate of drug-likeness (QED) is 0.481. The zero-order chi connectivity index (χ0) is 9.11. The van der Waals surface area contributed by atoms with Gasteiger partial charge in [-0.15, -0.1) is 0 Å². The van der Waals surface area contributed by atoms with E-state index in [0.717, 1.165) is 18.9 Å². The van der Waals surface area contributed by atoms with Crippen LogP contribution in [-0.2, 0) is 4.79 Å². The van der Waals surface area contributed by atoms with Crippen molar-refractivity contribution in [2.45, 2.75) is 26.7 Å². The Morgan fingerprint density at radius 1 is 1.55 bits per heavy atom. The molecular formula is C8H17NO2. The molecule has 0 radical (unpaired) electrons. The molecule has 0 saturated heterocycles. The molecule has 11 heavy (non-hydrogen) atoms. The Morgan fingerprint density at radius 2 is 2.09 bits per heavy atom. The van der Waals surface area contributed by atoms with Crippen molar-refractivity contribution in [3.63, 3.8) is 0 Å². The molecule has 0 rings (SSSR count). The van der Waals surface area contributed by atoms with Crippen LogP contribution in [0.15, 0.2) is 12.2 Å². The summed E-state index contributed by atoms with van der Waals surface area (Å²) in [6.07, 6.45) is 4.34. The van der Waals surface area contributed by atoms with Gasteiger partial charge in [-0.2, -0.15) is 0 Å². The molecule has 0 aliphatic carbocycles. The molecule has 0 aromatic rings. The summed E-state index contributed by atoms with van der Waals surface area (Å²) in [6.45, 7) is 4.62. The summed E-state index contributed by atoms with van der Waals surface area (Å²) in [6, 6.07) is 0. The average Bonchev–Trinajstić information content (AvgIpc) is 2.02. The SMILES string of the molecule is CC.NCCC/C=C/C(=O)O. The van der Waals surface area contributed by atoms with Crippen LogP contribution < -0.4 is 5.73 Å². The zero-order valence-corrected chi connectivity index (χ0v) is 7.21. The molecule has 0 amide bonds. The van der Waals surface area contributed by atoms with Gasteiger partial charge < -0.3 is 10.8 Å². The summed E-state index contributed by atoms with van der Waals surface area (Å²) >= 11 is 0. The highest BCUT2D eigenvalue weighted by Crippen LogP contribution is 1.86. The molecule has 0 heterocycles. The second-order valence-electron chi connectivity index (χ2n) is 1.67. The normalized spacial score (nSPS) is 9.00. The number of unbranched alkanes of at least 4 members (excludes halogenated alkanes) is 1. The molecular weight excluding hydrogens is 142 g/mol. The maximum Gasteiger partial charge on any atom is 0.327 e. The summed E-state index contributed by atoms with van der Waals surface area (Å²) < 4.78 is 0. The van der Waals surface area contributed by atoms with Gasteiger partial charge in [0.05, 0.1) is 0 Å². The van der Waals surface area contributed by atoms with Crippen LogP contribution in [0.2, 0.25) is 0 Å². The summed E-state index contributed by atoms with van der Waals surface area (Å²) in [5.74, 6) is -0.896. The maximum atomic E-state index is 9.84. The average molecular weight is 159 g/mol. The largest absolute Gasteiger partial charge is 0.478 e. The second kappa shape index (κ2) is 11.9. The summed E-state index contributed by atoms with van der Waals surface area (Å²) in [5.41, 5.74) is 5.16. The third-order valence-corrected chi connectivity index (χ3v) is 0.835. The van der Waals surface area contributed by atoms with Crippen LogP contribution in [0.4, 0.5) is 0 Å². The first kappa shape index (κ1) is 12.8. The molecule has 0 aliphatic rings. The van der Waals surface area contributed by atoms with Crippen LogP contribution >= 0.6 is 0 Å². The highest BCUT2D eigenvalue weighted by Gasteiger charge is 1.83. The van der Waals surface area contributed by atoms with E-state index in [1.165, 1.54) is 0 Å². The van der Waals surface area contributed by atoms with Gasteiger partial charge in [-0.3, -0.25) is 0 Å². The van der Waals surface area contributed by atoms with Crippen molar-refractivity contribution < 1.29 is 9.90 Å². The number of carbonyl (C=O) groups is 1. The molecule has 0 fully saturated rings. The van der Waals surface area contributed by atoms with Gasteiger partial charge in [-0.25, -0.2) is 4.79 Å². The van der Waals surface area contributed by atoms with E-state index in [9.17, 15) is 4.79 Å². The number of aliphatic carboxylic acids is 1. The predicted molar refractivity (Wildman–Crippen MR) is 46.4 cm³/mol. The third-order valence-electron chi connectivity index (χ3n) is 0.835. The second-order valence-corrected chi connectivity index (χ2v) is 1.67. The van der Waals surface area contributed by atoms with Crippen molar-refractivity contribution in [3.05, 3.63) is 12.2 Å². The number of carboxylic acids is 1. The summed E-state index contributed by atoms with van der Waals surface area (Å²) in [7, 11) is 0. The molecule has 66 valence electrons. The zero-order valence-electron chi connectivity index (χ0n) is 7.21. The van der Waals surface area contributed by atoms with Gasteiger partial charge in [0.1, 0.15) is 0 Å². The minimum atomic E-state index is -0.896. The number of nitrogens with two attached hydrogens (primary N) is 1. The fourth-order valence-corrected chi connectivity index (χ4v) is 0.420. The van der Waals surface area contributed by atoms with Crippen LogP contribution in [0.5, 0.6) is 0 Å². The van der Waals surface area contributed by atoms with Crippen molar-refractivity contribution >= 4 is 5.97 Å². The third kappa shape index (κ3) is 17.6. The lowest BCUT2D eigenvalue weighted by atomic mass is 10.3. The maximum absolute atomic E-state index is 9.84. The molecule has 0 saturated carbocycles. The monoisotopic (exact) mass is 159 g/mol. The summed E-state index contributed by atoms with van der Waals surface area (Å²) in [4.78, 5) is 9.84. The lowest BCUT2D eigenvalue weighted by Crippen LogP contribution is -1.96. The van der Waals surface area contributed by atoms with E-state index in [-0.39, 0.29) is 0 Å². The highest BCUT2D eigenvalue weighted by molar-refractivity contribution is 5.79. The lowest BCUT2D eigenvalue weighted by molar-refractivity contribution is -0.131. The smallest absolute Gasteiger partial charge is 0.327 e. The number of allylic oxidation sites excluding steroid dienone is 1. The Hall–Kier alpha value is -0.830. The molecule has 0 unspecified atom stereocenters. The Morgan fingerprint density at radius 3 is 2.45 bits per heavy atom. The van der Waals surface area contributed by atoms with Crippen molar-refractivity contribution in [1.82, 2.24) is 0 Å². The van der Waals surface area contributed by atoms with Crippen LogP contribution in [0.1, 0.15) is 26.7 Å². The first-order valence-corrected chi connectivity index (χ1v) is 3.87. The van der Waals surface area contributed by atoms with Crippen molar-refractivity contribution in [3.8, 4) is 0 Å². The molecule has 3 heteroatoms. The van der Waals surface area contributed by atoms with Crippen LogP contribution in [-0.4, -0.2) is 17.6 Å². The number of hydrogen-bond donors (Lipinski definition) is 2. The van der Waals surface area contributed by atoms with Crippen molar-refractivity contribution in [2.24, 2.45) is 5.73 Å². The van der Waals surface area contributed by atoms with E-state index in [4.69, 9.17) is 10.8 Å². The van der Waals surface area contributed by atoms with Gasteiger partial charge >= 0.3 is 5.97 Å². The molecule has 0 spiro atoms. The Bertz CT molecular complexity index is 111. The van der Waals surface area contributed by atoms with Crippen molar-refractivity contribution in [2.75, 3.05) is 6.54 Å². The van der Waals surface area contributed by atoms with Gasteiger partial charge in [0.25, 0.3) is 0 Å². The van der Waals surface area contributed by atoms with Gasteiger partial charge in [0.2, 0.25) is 0 Å². The van der Waals surface area contributed by atoms with Crippen LogP contribution in [0, 0.1) is 0 Å². The van der Waals surface area contributed by atoms with E-state index in [1.807, 2.05) is 13.8 Å². The minimum Gasteiger partial charge on any atom is -0.478 e. The van der Waals surface area contributed by atoms with Crippen molar-refractivity contribution in [1.29, 1.82) is 0 Å². The lowest BCUT2D eigenvalue weighted by Gasteiger charge is -1.85. The Labute approximate surface area is 67.9 Å². The van der Waals surface area contributed by atoms with Gasteiger partial charge in [0, 0.05) is 6.08 Å². The standard InChI is InChI=1S/C6H11NO2.C2H6/c7-5-3-1-2-4-6(8)9;1-2/h2,4H,1,3,5,7H2,(H,8,9);1-2H3/b4-2+;. The van der Waals surface area contributed by atoms with E-state index < -0.39 is 5.97 Å². The molecule has 0 atom stereocenters. The first-order valence-electron chi connectivity index (χ1n) is 3.87. The minimum absolute atomic E-state index is 0.615. The molecule has 0 aromatic carbocycles. The van der Waals surface area contributed by atoms with E-state index in [2.05, 4.69) is 0 Å². The first-order chi connectivity index (χ1) is 5.27. The van der Waals surface area contributed by atoms with E-state index in [1.54, 1.807) is 6.08 Å². The van der Waals surface area contributed by atoms with Gasteiger partial charge in [0.15, 0.2) is 0 Å². The Balaban J connectivity index is 0. The molecule has 3 N–H and O–H groups in total. The molecule has 3 nitrogen and oxygen atoms in total. The number of hydrogen-bond acceptors (Lipinski definition) is 2. The molecule has 0 aromatic heterocycles. The Kier molecular flexibility index (Phi) is 13.9. The topological polar surface area (TPSA) is 63.3 Å². The fourth-order valence-electron chi connectivity index (χ4n) is 0.420. The fraction of sp³-hybridized carbons (Fsp3) is 0.625. The highest BCUT2D eigenvalue weighted by atomic mass is 16.4. The summed E-state index contributed by atoms with van der Waals surface area (Å²) in [5, 5.41) is 8.09. The molecule has 0 aliphatic heterocycles. The number of carboxylic acid groups (broad SMARTS) is 1. The van der Waals surface area contributed by atoms with E-state index in [0.29, 0.717) is 6.54 Å². The van der Waals surface area contributed by atoms with E-state index >= 15 is 0 Å². The van der Waals surface area contributed by atoms with Gasteiger partial charge in [-0.05, 0) is 19.4 Å². The predicted octanol–water partition coefficient (Wildman–Crippen LogP) is 1.39. The van der Waals surface area contributed by atoms with Gasteiger partial charge in [-0.1, -0.05) is 19.9 Å². The van der Waals surface area contributed by atoms with Crippen LogP contribution in [0.25, 0.3) is 0 Å². The molecule has 0 bridgehead atoms. The number of rotatable bonds is 4.